The number of nitrogens with zero attached hydrogens (tertiary/aromatic N) is 1. The number of hydrogen-bond acceptors (Lipinski definition) is 3. The molecule has 2 aromatic rings. The van der Waals surface area contributed by atoms with E-state index in [9.17, 15) is 9.59 Å². The number of nitrogens with one attached hydrogen (secondary N) is 2. The standard InChI is InChI=1S/C21H25N3O3/c1-14-6-8-17(11-15(14)2)22-21(26)23-18-9-7-16-5-4-10-24(19(16)12-18)20(25)13-27-3/h6-9,11-12H,4-5,10,13H2,1-3H3,(H2,22,23,26). The number of aryl methyl sites for hydroxylation is 3. The summed E-state index contributed by atoms with van der Waals surface area (Å²) >= 11 is 0. The van der Waals surface area contributed by atoms with Gasteiger partial charge in [0.1, 0.15) is 6.61 Å². The van der Waals surface area contributed by atoms with Gasteiger partial charge < -0.3 is 20.3 Å². The van der Waals surface area contributed by atoms with Crippen LogP contribution in [0, 0.1) is 13.8 Å². The van der Waals surface area contributed by atoms with Gasteiger partial charge in [-0.3, -0.25) is 4.79 Å². The van der Waals surface area contributed by atoms with E-state index in [1.165, 1.54) is 12.7 Å². The number of carbonyl (C=O) groups is 2. The molecule has 0 saturated carbocycles. The minimum Gasteiger partial charge on any atom is -0.375 e. The maximum absolute atomic E-state index is 12.3. The smallest absolute Gasteiger partial charge is 0.323 e. The Morgan fingerprint density at radius 2 is 1.74 bits per heavy atom. The minimum atomic E-state index is -0.316. The zero-order chi connectivity index (χ0) is 19.4. The van der Waals surface area contributed by atoms with Crippen LogP contribution in [-0.2, 0) is 16.0 Å². The van der Waals surface area contributed by atoms with Crippen LogP contribution in [0.1, 0.15) is 23.1 Å². The molecule has 27 heavy (non-hydrogen) atoms. The van der Waals surface area contributed by atoms with Crippen LogP contribution in [0.5, 0.6) is 0 Å². The molecular formula is C21H25N3O3. The highest BCUT2D eigenvalue weighted by Gasteiger charge is 2.22. The molecule has 0 spiro atoms. The van der Waals surface area contributed by atoms with Crippen LogP contribution in [0.15, 0.2) is 36.4 Å². The number of carbonyl (C=O) groups excluding carboxylic acids is 2. The highest BCUT2D eigenvalue weighted by atomic mass is 16.5. The molecule has 0 fully saturated rings. The van der Waals surface area contributed by atoms with Gasteiger partial charge in [0.15, 0.2) is 0 Å². The Morgan fingerprint density at radius 3 is 2.44 bits per heavy atom. The molecule has 2 N–H and O–H groups in total. The zero-order valence-electron chi connectivity index (χ0n) is 16.0. The van der Waals surface area contributed by atoms with Crippen LogP contribution in [-0.4, -0.2) is 32.2 Å². The Morgan fingerprint density at radius 1 is 1.04 bits per heavy atom. The highest BCUT2D eigenvalue weighted by Crippen LogP contribution is 2.30. The van der Waals surface area contributed by atoms with Gasteiger partial charge >= 0.3 is 6.03 Å². The van der Waals surface area contributed by atoms with Gasteiger partial charge in [-0.2, -0.15) is 0 Å². The van der Waals surface area contributed by atoms with Crippen molar-refractivity contribution < 1.29 is 14.3 Å². The maximum atomic E-state index is 12.3. The van der Waals surface area contributed by atoms with E-state index in [0.29, 0.717) is 12.2 Å². The second-order valence-electron chi connectivity index (χ2n) is 6.80. The van der Waals surface area contributed by atoms with Crippen LogP contribution in [0.4, 0.5) is 21.9 Å². The molecular weight excluding hydrogens is 342 g/mol. The lowest BCUT2D eigenvalue weighted by Crippen LogP contribution is -2.37. The first kappa shape index (κ1) is 18.9. The van der Waals surface area contributed by atoms with Crippen LogP contribution >= 0.6 is 0 Å². The van der Waals surface area contributed by atoms with E-state index in [1.54, 1.807) is 4.90 Å². The average molecular weight is 367 g/mol. The lowest BCUT2D eigenvalue weighted by atomic mass is 10.0. The van der Waals surface area contributed by atoms with Gasteiger partial charge in [0, 0.05) is 30.7 Å². The largest absolute Gasteiger partial charge is 0.375 e. The van der Waals surface area contributed by atoms with Gasteiger partial charge in [-0.1, -0.05) is 12.1 Å². The van der Waals surface area contributed by atoms with E-state index in [4.69, 9.17) is 4.74 Å². The molecule has 0 bridgehead atoms. The van der Waals surface area contributed by atoms with Crippen molar-refractivity contribution in [2.24, 2.45) is 0 Å². The number of ether oxygens (including phenoxy) is 1. The van der Waals surface area contributed by atoms with Gasteiger partial charge in [-0.25, -0.2) is 4.79 Å². The molecule has 1 aliphatic rings. The predicted molar refractivity (Wildman–Crippen MR) is 108 cm³/mol. The van der Waals surface area contributed by atoms with Crippen molar-refractivity contribution in [2.75, 3.05) is 35.8 Å². The molecule has 6 heteroatoms. The molecule has 0 atom stereocenters. The first-order valence-corrected chi connectivity index (χ1v) is 9.05. The van der Waals surface area contributed by atoms with Crippen molar-refractivity contribution in [1.29, 1.82) is 0 Å². The molecule has 1 aliphatic heterocycles. The van der Waals surface area contributed by atoms with E-state index in [0.717, 1.165) is 35.3 Å². The van der Waals surface area contributed by atoms with Crippen LogP contribution in [0.25, 0.3) is 0 Å². The molecule has 0 radical (unpaired) electrons. The fourth-order valence-electron chi connectivity index (χ4n) is 3.23. The number of urea groups is 1. The summed E-state index contributed by atoms with van der Waals surface area (Å²) in [5, 5.41) is 5.69. The van der Waals surface area contributed by atoms with Gasteiger partial charge in [-0.05, 0) is 67.6 Å². The Bertz CT molecular complexity index is 864. The summed E-state index contributed by atoms with van der Waals surface area (Å²) < 4.78 is 4.98. The number of methoxy groups -OCH3 is 1. The SMILES string of the molecule is COCC(=O)N1CCCc2ccc(NC(=O)Nc3ccc(C)c(C)c3)cc21. The Balaban J connectivity index is 1.73. The van der Waals surface area contributed by atoms with Crippen LogP contribution < -0.4 is 15.5 Å². The van der Waals surface area contributed by atoms with E-state index in [-0.39, 0.29) is 18.5 Å². The summed E-state index contributed by atoms with van der Waals surface area (Å²) in [4.78, 5) is 26.4. The number of hydrogen-bond donors (Lipinski definition) is 2. The fourth-order valence-corrected chi connectivity index (χ4v) is 3.23. The third kappa shape index (κ3) is 4.46. The van der Waals surface area contributed by atoms with Crippen LogP contribution in [0.3, 0.4) is 0 Å². The summed E-state index contributed by atoms with van der Waals surface area (Å²) in [7, 11) is 1.51. The third-order valence-corrected chi connectivity index (χ3v) is 4.80. The summed E-state index contributed by atoms with van der Waals surface area (Å²) in [5.41, 5.74) is 5.63. The number of fused-ring (bicyclic) bond motifs is 1. The molecule has 6 nitrogen and oxygen atoms in total. The Labute approximate surface area is 159 Å². The Hall–Kier alpha value is -2.86. The van der Waals surface area contributed by atoms with Gasteiger partial charge in [0.2, 0.25) is 0 Å². The molecule has 0 aliphatic carbocycles. The first-order valence-electron chi connectivity index (χ1n) is 9.05. The summed E-state index contributed by atoms with van der Waals surface area (Å²) in [6.45, 7) is 4.74. The lowest BCUT2D eigenvalue weighted by Gasteiger charge is -2.29. The molecule has 2 aromatic carbocycles. The molecule has 3 rings (SSSR count). The molecule has 142 valence electrons. The fraction of sp³-hybridized carbons (Fsp3) is 0.333. The number of anilines is 3. The topological polar surface area (TPSA) is 70.7 Å². The molecule has 1 heterocycles. The normalized spacial score (nSPS) is 13.1. The number of rotatable bonds is 4. The summed E-state index contributed by atoms with van der Waals surface area (Å²) in [5.74, 6) is -0.0739. The highest BCUT2D eigenvalue weighted by molar-refractivity contribution is 6.01. The van der Waals surface area contributed by atoms with E-state index < -0.39 is 0 Å². The predicted octanol–water partition coefficient (Wildman–Crippen LogP) is 3.87. The van der Waals surface area contributed by atoms with Crippen molar-refractivity contribution in [2.45, 2.75) is 26.7 Å². The molecule has 0 unspecified atom stereocenters. The quantitative estimate of drug-likeness (QED) is 0.862. The monoisotopic (exact) mass is 367 g/mol. The lowest BCUT2D eigenvalue weighted by molar-refractivity contribution is -0.122. The zero-order valence-corrected chi connectivity index (χ0v) is 16.0. The number of benzene rings is 2. The number of amides is 3. The first-order chi connectivity index (χ1) is 13.0. The Kier molecular flexibility index (Phi) is 5.76. The van der Waals surface area contributed by atoms with Crippen molar-refractivity contribution in [3.8, 4) is 0 Å². The average Bonchev–Trinajstić information content (AvgIpc) is 2.64. The van der Waals surface area contributed by atoms with Crippen LogP contribution in [0.2, 0.25) is 0 Å². The minimum absolute atomic E-state index is 0.0460. The van der Waals surface area contributed by atoms with Crippen molar-refractivity contribution in [3.05, 3.63) is 53.1 Å². The van der Waals surface area contributed by atoms with Gasteiger partial charge in [0.25, 0.3) is 5.91 Å². The summed E-state index contributed by atoms with van der Waals surface area (Å²) in [6.07, 6.45) is 1.84. The van der Waals surface area contributed by atoms with E-state index in [1.807, 2.05) is 50.2 Å². The van der Waals surface area contributed by atoms with Crippen molar-refractivity contribution in [3.63, 3.8) is 0 Å². The van der Waals surface area contributed by atoms with Gasteiger partial charge in [-0.15, -0.1) is 0 Å². The second kappa shape index (κ2) is 8.22. The molecule has 0 saturated heterocycles. The van der Waals surface area contributed by atoms with Gasteiger partial charge in [0.05, 0.1) is 0 Å². The molecule has 0 aromatic heterocycles. The third-order valence-electron chi connectivity index (χ3n) is 4.80. The maximum Gasteiger partial charge on any atom is 0.323 e. The van der Waals surface area contributed by atoms with Crippen molar-refractivity contribution >= 4 is 29.0 Å². The van der Waals surface area contributed by atoms with Crippen molar-refractivity contribution in [1.82, 2.24) is 0 Å². The molecule has 3 amide bonds. The second-order valence-corrected chi connectivity index (χ2v) is 6.80. The van der Waals surface area contributed by atoms with E-state index in [2.05, 4.69) is 10.6 Å². The van der Waals surface area contributed by atoms with E-state index >= 15 is 0 Å². The summed E-state index contributed by atoms with van der Waals surface area (Å²) in [6, 6.07) is 11.2.